The summed E-state index contributed by atoms with van der Waals surface area (Å²) in [6.45, 7) is 6.46. The summed E-state index contributed by atoms with van der Waals surface area (Å²) in [5.41, 5.74) is 3.98. The Labute approximate surface area is 116 Å². The Kier molecular flexibility index (Phi) is 4.48. The van der Waals surface area contributed by atoms with Gasteiger partial charge in [0.2, 0.25) is 0 Å². The topological polar surface area (TPSA) is 24.5 Å². The van der Waals surface area contributed by atoms with Crippen molar-refractivity contribution in [1.29, 1.82) is 0 Å². The summed E-state index contributed by atoms with van der Waals surface area (Å²) in [6.07, 6.45) is 3.45. The van der Waals surface area contributed by atoms with Crippen LogP contribution >= 0.6 is 0 Å². The van der Waals surface area contributed by atoms with Gasteiger partial charge in [-0.25, -0.2) is 0 Å². The number of nitrogens with one attached hydrogen (secondary N) is 1. The number of nitrogens with zero attached hydrogens (tertiary/aromatic N) is 1. The van der Waals surface area contributed by atoms with Crippen molar-refractivity contribution in [3.8, 4) is 5.75 Å². The predicted molar refractivity (Wildman–Crippen MR) is 81.1 cm³/mol. The Morgan fingerprint density at radius 1 is 1.37 bits per heavy atom. The third-order valence-corrected chi connectivity index (χ3v) is 3.80. The third-order valence-electron chi connectivity index (χ3n) is 3.80. The van der Waals surface area contributed by atoms with Crippen molar-refractivity contribution in [3.05, 3.63) is 35.4 Å². The molecule has 19 heavy (non-hydrogen) atoms. The lowest BCUT2D eigenvalue weighted by molar-refractivity contribution is 0.404. The second-order valence-corrected chi connectivity index (χ2v) is 5.16. The average molecular weight is 260 g/mol. The molecule has 1 aromatic carbocycles. The molecule has 3 nitrogen and oxygen atoms in total. The van der Waals surface area contributed by atoms with Crippen molar-refractivity contribution < 1.29 is 4.74 Å². The van der Waals surface area contributed by atoms with Crippen LogP contribution in [0.2, 0.25) is 0 Å². The van der Waals surface area contributed by atoms with Crippen molar-refractivity contribution in [2.45, 2.75) is 26.3 Å². The summed E-state index contributed by atoms with van der Waals surface area (Å²) < 4.78 is 5.55. The Morgan fingerprint density at radius 2 is 2.16 bits per heavy atom. The lowest BCUT2D eigenvalue weighted by Crippen LogP contribution is -2.31. The number of ether oxygens (including phenoxy) is 1. The maximum atomic E-state index is 5.55. The SMILES string of the molecule is CNC(C)c1c(OC)cccc1N1CCC=C(C)C1. The molecule has 0 saturated heterocycles. The molecule has 0 bridgehead atoms. The Balaban J connectivity index is 2.41. The minimum atomic E-state index is 0.275. The zero-order chi connectivity index (χ0) is 13.8. The highest BCUT2D eigenvalue weighted by Gasteiger charge is 2.20. The molecule has 1 N–H and O–H groups in total. The first kappa shape index (κ1) is 13.9. The summed E-state index contributed by atoms with van der Waals surface area (Å²) in [6, 6.07) is 6.59. The molecule has 1 aromatic rings. The normalized spacial score (nSPS) is 17.1. The molecule has 2 rings (SSSR count). The molecule has 0 amide bonds. The summed E-state index contributed by atoms with van der Waals surface area (Å²) in [7, 11) is 3.73. The molecule has 1 unspecified atom stereocenters. The molecule has 0 spiro atoms. The van der Waals surface area contributed by atoms with Crippen LogP contribution in [0.5, 0.6) is 5.75 Å². The van der Waals surface area contributed by atoms with Crippen molar-refractivity contribution in [3.63, 3.8) is 0 Å². The number of hydrogen-bond acceptors (Lipinski definition) is 3. The molecule has 0 aromatic heterocycles. The van der Waals surface area contributed by atoms with Gasteiger partial charge in [0.1, 0.15) is 5.75 Å². The number of methoxy groups -OCH3 is 1. The molecule has 0 radical (unpaired) electrons. The number of anilines is 1. The van der Waals surface area contributed by atoms with Crippen molar-refractivity contribution in [1.82, 2.24) is 5.32 Å². The molecular weight excluding hydrogens is 236 g/mol. The van der Waals surface area contributed by atoms with Gasteiger partial charge >= 0.3 is 0 Å². The fourth-order valence-corrected chi connectivity index (χ4v) is 2.68. The van der Waals surface area contributed by atoms with Gasteiger partial charge in [-0.3, -0.25) is 0 Å². The summed E-state index contributed by atoms with van der Waals surface area (Å²) in [5, 5.41) is 3.33. The molecule has 1 aliphatic rings. The first-order valence-corrected chi connectivity index (χ1v) is 6.92. The smallest absolute Gasteiger partial charge is 0.125 e. The second-order valence-electron chi connectivity index (χ2n) is 5.16. The van der Waals surface area contributed by atoms with Crippen molar-refractivity contribution >= 4 is 5.69 Å². The average Bonchev–Trinajstić information content (AvgIpc) is 2.45. The molecule has 1 heterocycles. The molecular formula is C16H24N2O. The fraction of sp³-hybridized carbons (Fsp3) is 0.500. The van der Waals surface area contributed by atoms with Gasteiger partial charge in [0.15, 0.2) is 0 Å². The van der Waals surface area contributed by atoms with E-state index < -0.39 is 0 Å². The fourth-order valence-electron chi connectivity index (χ4n) is 2.68. The summed E-state index contributed by atoms with van der Waals surface area (Å²) >= 11 is 0. The zero-order valence-corrected chi connectivity index (χ0v) is 12.4. The first-order chi connectivity index (χ1) is 9.17. The van der Waals surface area contributed by atoms with E-state index >= 15 is 0 Å². The Hall–Kier alpha value is -1.48. The lowest BCUT2D eigenvalue weighted by Gasteiger charge is -2.32. The highest BCUT2D eigenvalue weighted by molar-refractivity contribution is 5.61. The van der Waals surface area contributed by atoms with Crippen LogP contribution in [0.3, 0.4) is 0 Å². The summed E-state index contributed by atoms with van der Waals surface area (Å²) in [5.74, 6) is 0.964. The monoisotopic (exact) mass is 260 g/mol. The second kappa shape index (κ2) is 6.11. The standard InChI is InChI=1S/C16H24N2O/c1-12-7-6-10-18(11-12)14-8-5-9-15(19-4)16(14)13(2)17-3/h5,7-9,13,17H,6,10-11H2,1-4H3. The van der Waals surface area contributed by atoms with Gasteiger partial charge in [-0.1, -0.05) is 17.7 Å². The van der Waals surface area contributed by atoms with Gasteiger partial charge in [0.25, 0.3) is 0 Å². The van der Waals surface area contributed by atoms with Gasteiger partial charge in [-0.05, 0) is 39.4 Å². The van der Waals surface area contributed by atoms with Crippen LogP contribution in [-0.4, -0.2) is 27.2 Å². The maximum Gasteiger partial charge on any atom is 0.125 e. The van der Waals surface area contributed by atoms with Crippen molar-refractivity contribution in [2.75, 3.05) is 32.1 Å². The third kappa shape index (κ3) is 2.92. The van der Waals surface area contributed by atoms with Crippen LogP contribution in [0, 0.1) is 0 Å². The van der Waals surface area contributed by atoms with E-state index in [1.165, 1.54) is 16.8 Å². The van der Waals surface area contributed by atoms with Gasteiger partial charge in [-0.2, -0.15) is 0 Å². The zero-order valence-electron chi connectivity index (χ0n) is 12.4. The Morgan fingerprint density at radius 3 is 2.79 bits per heavy atom. The minimum Gasteiger partial charge on any atom is -0.496 e. The summed E-state index contributed by atoms with van der Waals surface area (Å²) in [4.78, 5) is 2.45. The van der Waals surface area contributed by atoms with Gasteiger partial charge < -0.3 is 15.0 Å². The van der Waals surface area contributed by atoms with Gasteiger partial charge in [0.05, 0.1) is 7.11 Å². The van der Waals surface area contributed by atoms with Crippen LogP contribution in [0.4, 0.5) is 5.69 Å². The molecule has 3 heteroatoms. The lowest BCUT2D eigenvalue weighted by atomic mass is 10.0. The van der Waals surface area contributed by atoms with E-state index in [0.717, 1.165) is 25.3 Å². The molecule has 0 aliphatic carbocycles. The van der Waals surface area contributed by atoms with E-state index in [4.69, 9.17) is 4.74 Å². The van der Waals surface area contributed by atoms with E-state index in [1.54, 1.807) is 7.11 Å². The molecule has 1 atom stereocenters. The van der Waals surface area contributed by atoms with Gasteiger partial charge in [0, 0.05) is 30.4 Å². The molecule has 0 fully saturated rings. The quantitative estimate of drug-likeness (QED) is 0.842. The molecule has 1 aliphatic heterocycles. The minimum absolute atomic E-state index is 0.275. The van der Waals surface area contributed by atoms with Crippen LogP contribution < -0.4 is 15.0 Å². The number of benzene rings is 1. The van der Waals surface area contributed by atoms with Crippen LogP contribution in [0.1, 0.15) is 31.9 Å². The largest absolute Gasteiger partial charge is 0.496 e. The Bertz CT molecular complexity index is 468. The molecule has 104 valence electrons. The van der Waals surface area contributed by atoms with Crippen LogP contribution in [-0.2, 0) is 0 Å². The molecule has 0 saturated carbocycles. The number of hydrogen-bond donors (Lipinski definition) is 1. The van der Waals surface area contributed by atoms with Gasteiger partial charge in [-0.15, -0.1) is 0 Å². The van der Waals surface area contributed by atoms with E-state index in [1.807, 2.05) is 13.1 Å². The first-order valence-electron chi connectivity index (χ1n) is 6.92. The maximum absolute atomic E-state index is 5.55. The highest BCUT2D eigenvalue weighted by Crippen LogP contribution is 2.35. The van der Waals surface area contributed by atoms with E-state index in [9.17, 15) is 0 Å². The van der Waals surface area contributed by atoms with E-state index in [-0.39, 0.29) is 6.04 Å². The predicted octanol–water partition coefficient (Wildman–Crippen LogP) is 3.13. The van der Waals surface area contributed by atoms with E-state index in [2.05, 4.69) is 42.3 Å². The van der Waals surface area contributed by atoms with E-state index in [0.29, 0.717) is 0 Å². The number of rotatable bonds is 4. The van der Waals surface area contributed by atoms with Crippen LogP contribution in [0.15, 0.2) is 29.8 Å². The highest BCUT2D eigenvalue weighted by atomic mass is 16.5. The van der Waals surface area contributed by atoms with Crippen molar-refractivity contribution in [2.24, 2.45) is 0 Å². The van der Waals surface area contributed by atoms with Crippen LogP contribution in [0.25, 0.3) is 0 Å².